The fraction of sp³-hybridized carbons (Fsp3) is 0.250. The van der Waals surface area contributed by atoms with Crippen molar-refractivity contribution < 1.29 is 0 Å². The molecule has 0 spiro atoms. The molecular formula is C16H17NS. The Hall–Kier alpha value is -1.41. The Morgan fingerprint density at radius 1 is 1.06 bits per heavy atom. The molecule has 0 heterocycles. The lowest BCUT2D eigenvalue weighted by atomic mass is 9.91. The largest absolute Gasteiger partial charge is 0.399 e. The van der Waals surface area contributed by atoms with Gasteiger partial charge in [-0.3, -0.25) is 0 Å². The van der Waals surface area contributed by atoms with Crippen molar-refractivity contribution in [1.29, 1.82) is 0 Å². The number of fused-ring (bicyclic) bond motifs is 1. The van der Waals surface area contributed by atoms with Crippen LogP contribution in [0.4, 0.5) is 5.69 Å². The van der Waals surface area contributed by atoms with Crippen LogP contribution in [0.1, 0.15) is 29.2 Å². The molecule has 2 heteroatoms. The zero-order valence-corrected chi connectivity index (χ0v) is 11.1. The zero-order valence-electron chi connectivity index (χ0n) is 10.3. The Balaban J connectivity index is 1.86. The van der Waals surface area contributed by atoms with Crippen molar-refractivity contribution in [2.45, 2.75) is 29.4 Å². The van der Waals surface area contributed by atoms with Gasteiger partial charge in [-0.1, -0.05) is 30.3 Å². The molecule has 1 aliphatic rings. The minimum absolute atomic E-state index is 0.580. The summed E-state index contributed by atoms with van der Waals surface area (Å²) in [5, 5.41) is 0.580. The van der Waals surface area contributed by atoms with Crippen LogP contribution < -0.4 is 5.73 Å². The van der Waals surface area contributed by atoms with Crippen molar-refractivity contribution >= 4 is 17.4 Å². The zero-order chi connectivity index (χ0) is 12.4. The third-order valence-corrected chi connectivity index (χ3v) is 4.75. The van der Waals surface area contributed by atoms with E-state index in [0.717, 1.165) is 5.69 Å². The molecule has 0 saturated carbocycles. The van der Waals surface area contributed by atoms with E-state index in [1.807, 2.05) is 23.9 Å². The van der Waals surface area contributed by atoms with E-state index in [1.165, 1.54) is 35.3 Å². The molecule has 0 aromatic heterocycles. The lowest BCUT2D eigenvalue weighted by molar-refractivity contribution is 0.674. The molecule has 0 bridgehead atoms. The standard InChI is InChI=1S/C16H17NS/c17-13-7-4-8-14(11-13)18-16-10-3-6-12-5-1-2-9-15(12)16/h1-2,4-5,7-9,11,16H,3,6,10,17H2/t16-/m1/s1. The number of hydrogen-bond acceptors (Lipinski definition) is 2. The summed E-state index contributed by atoms with van der Waals surface area (Å²) in [6.07, 6.45) is 3.78. The first-order chi connectivity index (χ1) is 8.83. The molecule has 18 heavy (non-hydrogen) atoms. The molecule has 1 nitrogen and oxygen atoms in total. The van der Waals surface area contributed by atoms with E-state index in [4.69, 9.17) is 5.73 Å². The van der Waals surface area contributed by atoms with Crippen molar-refractivity contribution in [1.82, 2.24) is 0 Å². The van der Waals surface area contributed by atoms with Gasteiger partial charge in [0.1, 0.15) is 0 Å². The summed E-state index contributed by atoms with van der Waals surface area (Å²) < 4.78 is 0. The van der Waals surface area contributed by atoms with Crippen LogP contribution in [0.5, 0.6) is 0 Å². The predicted octanol–water partition coefficient (Wildman–Crippen LogP) is 4.44. The van der Waals surface area contributed by atoms with Crippen molar-refractivity contribution in [3.05, 3.63) is 59.7 Å². The highest BCUT2D eigenvalue weighted by Gasteiger charge is 2.20. The topological polar surface area (TPSA) is 26.0 Å². The smallest absolute Gasteiger partial charge is 0.0347 e. The molecule has 2 aromatic rings. The number of anilines is 1. The van der Waals surface area contributed by atoms with Gasteiger partial charge in [0.25, 0.3) is 0 Å². The molecule has 1 aliphatic carbocycles. The SMILES string of the molecule is Nc1cccc(S[C@@H]2CCCc3ccccc32)c1. The maximum Gasteiger partial charge on any atom is 0.0347 e. The number of aryl methyl sites for hydroxylation is 1. The van der Waals surface area contributed by atoms with Crippen LogP contribution in [-0.2, 0) is 6.42 Å². The minimum Gasteiger partial charge on any atom is -0.399 e. The first-order valence-corrected chi connectivity index (χ1v) is 7.31. The first kappa shape index (κ1) is 11.7. The Morgan fingerprint density at radius 3 is 2.83 bits per heavy atom. The van der Waals surface area contributed by atoms with Crippen LogP contribution >= 0.6 is 11.8 Å². The summed E-state index contributed by atoms with van der Waals surface area (Å²) in [6.45, 7) is 0. The van der Waals surface area contributed by atoms with E-state index >= 15 is 0 Å². The van der Waals surface area contributed by atoms with Gasteiger partial charge >= 0.3 is 0 Å². The van der Waals surface area contributed by atoms with Crippen molar-refractivity contribution in [2.75, 3.05) is 5.73 Å². The van der Waals surface area contributed by atoms with Gasteiger partial charge in [-0.15, -0.1) is 11.8 Å². The fourth-order valence-corrected chi connectivity index (χ4v) is 3.92. The van der Waals surface area contributed by atoms with Crippen LogP contribution in [-0.4, -0.2) is 0 Å². The Morgan fingerprint density at radius 2 is 1.94 bits per heavy atom. The van der Waals surface area contributed by atoms with Gasteiger partial charge in [-0.25, -0.2) is 0 Å². The maximum atomic E-state index is 5.85. The van der Waals surface area contributed by atoms with Gasteiger partial charge < -0.3 is 5.73 Å². The third kappa shape index (κ3) is 2.39. The van der Waals surface area contributed by atoms with Crippen molar-refractivity contribution in [3.63, 3.8) is 0 Å². The number of nitrogen functional groups attached to an aromatic ring is 1. The minimum atomic E-state index is 0.580. The molecule has 3 rings (SSSR count). The van der Waals surface area contributed by atoms with Gasteiger partial charge in [0.15, 0.2) is 0 Å². The molecule has 92 valence electrons. The fourth-order valence-electron chi connectivity index (χ4n) is 2.58. The second-order valence-electron chi connectivity index (χ2n) is 4.77. The summed E-state index contributed by atoms with van der Waals surface area (Å²) in [5.74, 6) is 0. The summed E-state index contributed by atoms with van der Waals surface area (Å²) in [6, 6.07) is 17.0. The predicted molar refractivity (Wildman–Crippen MR) is 78.8 cm³/mol. The highest BCUT2D eigenvalue weighted by molar-refractivity contribution is 7.99. The summed E-state index contributed by atoms with van der Waals surface area (Å²) in [7, 11) is 0. The Bertz CT molecular complexity index is 550. The van der Waals surface area contributed by atoms with Crippen molar-refractivity contribution in [3.8, 4) is 0 Å². The molecule has 0 radical (unpaired) electrons. The van der Waals surface area contributed by atoms with Gasteiger partial charge in [-0.2, -0.15) is 0 Å². The average Bonchev–Trinajstić information content (AvgIpc) is 2.39. The third-order valence-electron chi connectivity index (χ3n) is 3.45. The molecule has 0 aliphatic heterocycles. The average molecular weight is 255 g/mol. The number of thioether (sulfide) groups is 1. The van der Waals surface area contributed by atoms with Crippen LogP contribution in [0.2, 0.25) is 0 Å². The van der Waals surface area contributed by atoms with Gasteiger partial charge in [0, 0.05) is 15.8 Å². The van der Waals surface area contributed by atoms with E-state index in [-0.39, 0.29) is 0 Å². The highest BCUT2D eigenvalue weighted by Crippen LogP contribution is 2.43. The summed E-state index contributed by atoms with van der Waals surface area (Å²) in [4.78, 5) is 1.27. The number of benzene rings is 2. The van der Waals surface area contributed by atoms with E-state index in [1.54, 1.807) is 0 Å². The van der Waals surface area contributed by atoms with E-state index < -0.39 is 0 Å². The monoisotopic (exact) mass is 255 g/mol. The van der Waals surface area contributed by atoms with E-state index in [9.17, 15) is 0 Å². The highest BCUT2D eigenvalue weighted by atomic mass is 32.2. The van der Waals surface area contributed by atoms with E-state index in [0.29, 0.717) is 5.25 Å². The Labute approximate surface area is 112 Å². The molecular weight excluding hydrogens is 238 g/mol. The molecule has 2 N–H and O–H groups in total. The summed E-state index contributed by atoms with van der Waals surface area (Å²) >= 11 is 1.94. The second kappa shape index (κ2) is 5.07. The Kier molecular flexibility index (Phi) is 3.28. The molecule has 0 unspecified atom stereocenters. The van der Waals surface area contributed by atoms with Crippen LogP contribution in [0, 0.1) is 0 Å². The lowest BCUT2D eigenvalue weighted by Gasteiger charge is -2.25. The van der Waals surface area contributed by atoms with Gasteiger partial charge in [0.2, 0.25) is 0 Å². The quantitative estimate of drug-likeness (QED) is 0.803. The molecule has 2 aromatic carbocycles. The van der Waals surface area contributed by atoms with Crippen molar-refractivity contribution in [2.24, 2.45) is 0 Å². The van der Waals surface area contributed by atoms with Crippen LogP contribution in [0.25, 0.3) is 0 Å². The lowest BCUT2D eigenvalue weighted by Crippen LogP contribution is -2.06. The molecule has 0 amide bonds. The molecule has 1 atom stereocenters. The number of nitrogens with two attached hydrogens (primary N) is 1. The van der Waals surface area contributed by atoms with Gasteiger partial charge in [-0.05, 0) is 48.6 Å². The maximum absolute atomic E-state index is 5.85. The second-order valence-corrected chi connectivity index (χ2v) is 6.05. The normalized spacial score (nSPS) is 18.3. The first-order valence-electron chi connectivity index (χ1n) is 6.43. The molecule has 0 saturated heterocycles. The van der Waals surface area contributed by atoms with Gasteiger partial charge in [0.05, 0.1) is 0 Å². The number of hydrogen-bond donors (Lipinski definition) is 1. The van der Waals surface area contributed by atoms with E-state index in [2.05, 4.69) is 36.4 Å². The number of rotatable bonds is 2. The van der Waals surface area contributed by atoms with Crippen LogP contribution in [0.15, 0.2) is 53.4 Å². The van der Waals surface area contributed by atoms with Crippen LogP contribution in [0.3, 0.4) is 0 Å². The summed E-state index contributed by atoms with van der Waals surface area (Å²) in [5.41, 5.74) is 9.73. The molecule has 0 fully saturated rings.